The monoisotopic (exact) mass is 488 g/mol. The number of aromatic nitrogens is 2. The van der Waals surface area contributed by atoms with Crippen LogP contribution in [0.2, 0.25) is 0 Å². The molecule has 0 spiro atoms. The van der Waals surface area contributed by atoms with Crippen LogP contribution in [0.5, 0.6) is 0 Å². The standard InChI is InChI=1S/C9H15N3.C7H8N.2BrH.Co/c1-7-3-2-4-9(12-7)5-8(11)6-10;1-6-4-3-5-7(2)8-6;;;/h2-4,8H,5-6,10-11H2,1H3;3-5H,1H2,2H3;2*1H;/q;-1;;;+3/p-2. The summed E-state index contributed by atoms with van der Waals surface area (Å²) in [5.41, 5.74) is 15.0. The van der Waals surface area contributed by atoms with E-state index in [0.29, 0.717) is 6.54 Å². The first kappa shape index (κ1) is 27.4. The van der Waals surface area contributed by atoms with Crippen LogP contribution in [0.4, 0.5) is 0 Å². The van der Waals surface area contributed by atoms with Gasteiger partial charge in [0.15, 0.2) is 0 Å². The van der Waals surface area contributed by atoms with Crippen molar-refractivity contribution >= 4 is 0 Å². The molecule has 2 heterocycles. The molecule has 23 heavy (non-hydrogen) atoms. The largest absolute Gasteiger partial charge is 3.00 e. The third-order valence-corrected chi connectivity index (χ3v) is 2.67. The Hall–Kier alpha value is -0.444. The molecule has 0 fully saturated rings. The second-order valence-electron chi connectivity index (χ2n) is 4.74. The molecule has 0 aliphatic rings. The first-order chi connectivity index (χ1) is 9.51. The summed E-state index contributed by atoms with van der Waals surface area (Å²) < 4.78 is 0. The number of rotatable bonds is 3. The predicted molar refractivity (Wildman–Crippen MR) is 83.1 cm³/mol. The number of hydrogen-bond donors (Lipinski definition) is 2. The van der Waals surface area contributed by atoms with Crippen molar-refractivity contribution in [2.75, 3.05) is 6.54 Å². The maximum absolute atomic E-state index is 5.69. The van der Waals surface area contributed by atoms with Crippen LogP contribution in [0.1, 0.15) is 22.8 Å². The molecule has 2 aromatic rings. The van der Waals surface area contributed by atoms with Crippen molar-refractivity contribution in [2.24, 2.45) is 11.5 Å². The van der Waals surface area contributed by atoms with Crippen molar-refractivity contribution in [1.82, 2.24) is 9.97 Å². The van der Waals surface area contributed by atoms with Gasteiger partial charge in [-0.15, -0.1) is 11.8 Å². The molecule has 0 amide bonds. The van der Waals surface area contributed by atoms with Gasteiger partial charge in [0, 0.05) is 36.1 Å². The minimum Gasteiger partial charge on any atom is -1.00 e. The Morgan fingerprint density at radius 1 is 1.00 bits per heavy atom. The van der Waals surface area contributed by atoms with Crippen LogP contribution in [0.3, 0.4) is 0 Å². The van der Waals surface area contributed by atoms with Crippen molar-refractivity contribution in [3.05, 3.63) is 66.1 Å². The van der Waals surface area contributed by atoms with Gasteiger partial charge in [-0.25, -0.2) is 6.92 Å². The van der Waals surface area contributed by atoms with Gasteiger partial charge in [0.25, 0.3) is 0 Å². The number of hydrogen-bond acceptors (Lipinski definition) is 4. The molecular formula is C16H23Br2CoN4. The van der Waals surface area contributed by atoms with E-state index in [0.717, 1.165) is 29.2 Å². The maximum atomic E-state index is 5.69. The van der Waals surface area contributed by atoms with Crippen molar-refractivity contribution < 1.29 is 50.7 Å². The van der Waals surface area contributed by atoms with E-state index in [1.807, 2.05) is 50.2 Å². The molecule has 2 rings (SSSR count). The van der Waals surface area contributed by atoms with Crippen molar-refractivity contribution in [1.29, 1.82) is 0 Å². The SMILES string of the molecule is Cc1cccc(CC(N)CN)n1.[Br-].[Br-].[CH2-]c1cccc(C)n1.[Co+3]. The van der Waals surface area contributed by atoms with E-state index in [2.05, 4.69) is 16.9 Å². The zero-order valence-corrected chi connectivity index (χ0v) is 17.5. The summed E-state index contributed by atoms with van der Waals surface area (Å²) in [5, 5.41) is 0. The summed E-state index contributed by atoms with van der Waals surface area (Å²) in [6.07, 6.45) is 0.762. The van der Waals surface area contributed by atoms with Crippen molar-refractivity contribution in [3.8, 4) is 0 Å². The van der Waals surface area contributed by atoms with Crippen LogP contribution in [0.25, 0.3) is 0 Å². The molecule has 0 aromatic carbocycles. The van der Waals surface area contributed by atoms with Crippen LogP contribution in [-0.2, 0) is 23.2 Å². The van der Waals surface area contributed by atoms with E-state index in [1.54, 1.807) is 0 Å². The zero-order valence-electron chi connectivity index (χ0n) is 13.3. The Morgan fingerprint density at radius 3 is 1.91 bits per heavy atom. The molecule has 0 aliphatic heterocycles. The van der Waals surface area contributed by atoms with Crippen LogP contribution in [0, 0.1) is 20.8 Å². The van der Waals surface area contributed by atoms with Gasteiger partial charge in [-0.1, -0.05) is 12.1 Å². The normalized spacial score (nSPS) is 9.91. The first-order valence-corrected chi connectivity index (χ1v) is 6.65. The number of aryl methyl sites for hydroxylation is 2. The Bertz CT molecular complexity index is 524. The summed E-state index contributed by atoms with van der Waals surface area (Å²) in [5.74, 6) is 0. The van der Waals surface area contributed by atoms with Gasteiger partial charge in [0.1, 0.15) is 0 Å². The minimum absolute atomic E-state index is 0. The van der Waals surface area contributed by atoms with Gasteiger partial charge < -0.3 is 45.4 Å². The average molecular weight is 490 g/mol. The molecule has 2 aromatic heterocycles. The fourth-order valence-corrected chi connectivity index (χ4v) is 1.66. The number of pyridine rings is 2. The molecule has 130 valence electrons. The molecule has 1 atom stereocenters. The number of nitrogens with two attached hydrogens (primary N) is 2. The number of nitrogens with zero attached hydrogens (tertiary/aromatic N) is 2. The average Bonchev–Trinajstić information content (AvgIpc) is 2.39. The molecule has 7 heteroatoms. The topological polar surface area (TPSA) is 77.8 Å². The minimum atomic E-state index is 0. The van der Waals surface area contributed by atoms with Gasteiger partial charge >= 0.3 is 16.8 Å². The molecular weight excluding hydrogens is 467 g/mol. The molecule has 0 bridgehead atoms. The summed E-state index contributed by atoms with van der Waals surface area (Å²) in [4.78, 5) is 8.39. The van der Waals surface area contributed by atoms with Gasteiger partial charge in [-0.3, -0.25) is 9.97 Å². The van der Waals surface area contributed by atoms with Gasteiger partial charge in [-0.05, 0) is 26.0 Å². The maximum Gasteiger partial charge on any atom is 3.00 e. The summed E-state index contributed by atoms with van der Waals surface area (Å²) in [6, 6.07) is 11.7. The molecule has 0 radical (unpaired) electrons. The van der Waals surface area contributed by atoms with Crippen molar-refractivity contribution in [2.45, 2.75) is 26.3 Å². The zero-order chi connectivity index (χ0) is 15.0. The molecule has 0 saturated carbocycles. The smallest absolute Gasteiger partial charge is 1.00 e. The molecule has 0 aliphatic carbocycles. The Balaban J connectivity index is -0.000000325. The molecule has 1 unspecified atom stereocenters. The molecule has 4 N–H and O–H groups in total. The van der Waals surface area contributed by atoms with Crippen LogP contribution in [0.15, 0.2) is 36.4 Å². The van der Waals surface area contributed by atoms with E-state index in [-0.39, 0.29) is 56.8 Å². The fourth-order valence-electron chi connectivity index (χ4n) is 1.66. The summed E-state index contributed by atoms with van der Waals surface area (Å²) in [6.45, 7) is 8.10. The third kappa shape index (κ3) is 12.6. The Morgan fingerprint density at radius 2 is 1.52 bits per heavy atom. The molecule has 4 nitrogen and oxygen atoms in total. The van der Waals surface area contributed by atoms with Crippen LogP contribution >= 0.6 is 0 Å². The molecule has 0 saturated heterocycles. The Kier molecular flexibility index (Phi) is 18.0. The fraction of sp³-hybridized carbons (Fsp3) is 0.312. The van der Waals surface area contributed by atoms with E-state index < -0.39 is 0 Å². The second-order valence-corrected chi connectivity index (χ2v) is 4.74. The quantitative estimate of drug-likeness (QED) is 0.429. The van der Waals surface area contributed by atoms with Gasteiger partial charge in [-0.2, -0.15) is 6.07 Å². The first-order valence-electron chi connectivity index (χ1n) is 6.65. The number of halogens is 2. The summed E-state index contributed by atoms with van der Waals surface area (Å²) >= 11 is 0. The Labute approximate surface area is 170 Å². The van der Waals surface area contributed by atoms with E-state index in [1.165, 1.54) is 0 Å². The van der Waals surface area contributed by atoms with E-state index in [9.17, 15) is 0 Å². The van der Waals surface area contributed by atoms with E-state index in [4.69, 9.17) is 11.5 Å². The third-order valence-electron chi connectivity index (χ3n) is 2.67. The van der Waals surface area contributed by atoms with E-state index >= 15 is 0 Å². The van der Waals surface area contributed by atoms with Crippen molar-refractivity contribution in [3.63, 3.8) is 0 Å². The van der Waals surface area contributed by atoms with Crippen LogP contribution < -0.4 is 45.4 Å². The van der Waals surface area contributed by atoms with Gasteiger partial charge in [0.05, 0.1) is 0 Å². The summed E-state index contributed by atoms with van der Waals surface area (Å²) in [7, 11) is 0. The predicted octanol–water partition coefficient (Wildman–Crippen LogP) is -4.20. The second kappa shape index (κ2) is 15.1. The van der Waals surface area contributed by atoms with Gasteiger partial charge in [0.2, 0.25) is 0 Å². The van der Waals surface area contributed by atoms with Crippen LogP contribution in [-0.4, -0.2) is 22.6 Å².